The molecule has 3 fully saturated rings. The first-order valence-corrected chi connectivity index (χ1v) is 10.8. The monoisotopic (exact) mass is 484 g/mol. The van der Waals surface area contributed by atoms with E-state index in [0.717, 1.165) is 0 Å². The molecule has 33 heavy (non-hydrogen) atoms. The summed E-state index contributed by atoms with van der Waals surface area (Å²) >= 11 is 0. The summed E-state index contributed by atoms with van der Waals surface area (Å²) in [6.07, 6.45) is -18.3. The molecule has 0 aromatic rings. The summed E-state index contributed by atoms with van der Waals surface area (Å²) in [6.45, 7) is -0.345. The first-order chi connectivity index (χ1) is 15.5. The van der Waals surface area contributed by atoms with Crippen molar-refractivity contribution >= 4 is 0 Å². The maximum atomic E-state index is 10.9. The van der Waals surface area contributed by atoms with E-state index in [1.165, 1.54) is 0 Å². The van der Waals surface area contributed by atoms with Crippen molar-refractivity contribution in [2.45, 2.75) is 98.2 Å². The summed E-state index contributed by atoms with van der Waals surface area (Å²) in [5, 5.41) is 71.4. The number of nitrogens with two attached hydrogens (primary N) is 4. The van der Waals surface area contributed by atoms with Crippen molar-refractivity contribution in [1.82, 2.24) is 0 Å². The lowest BCUT2D eigenvalue weighted by molar-refractivity contribution is -0.336. The Morgan fingerprint density at radius 2 is 0.939 bits per heavy atom. The average Bonchev–Trinajstić information content (AvgIpc) is 2.79. The zero-order valence-corrected chi connectivity index (χ0v) is 17.9. The number of hydrogen-bond acceptors (Lipinski definition) is 15. The molecule has 15 N–H and O–H groups in total. The van der Waals surface area contributed by atoms with Crippen molar-refractivity contribution in [3.8, 4) is 0 Å². The fourth-order valence-electron chi connectivity index (χ4n) is 4.40. The zero-order chi connectivity index (χ0) is 24.6. The van der Waals surface area contributed by atoms with Gasteiger partial charge in [0, 0.05) is 25.2 Å². The molecule has 0 spiro atoms. The van der Waals surface area contributed by atoms with Gasteiger partial charge in [-0.1, -0.05) is 0 Å². The second kappa shape index (κ2) is 11.0. The van der Waals surface area contributed by atoms with Crippen LogP contribution in [-0.4, -0.2) is 141 Å². The van der Waals surface area contributed by atoms with E-state index in [1.807, 2.05) is 0 Å². The quantitative estimate of drug-likeness (QED) is 0.167. The van der Waals surface area contributed by atoms with Crippen molar-refractivity contribution in [2.75, 3.05) is 13.1 Å². The van der Waals surface area contributed by atoms with E-state index >= 15 is 0 Å². The largest absolute Gasteiger partial charge is 0.388 e. The van der Waals surface area contributed by atoms with Crippen LogP contribution in [0.25, 0.3) is 0 Å². The van der Waals surface area contributed by atoms with Crippen LogP contribution in [0.1, 0.15) is 6.42 Å². The first kappa shape index (κ1) is 27.0. The van der Waals surface area contributed by atoms with Crippen LogP contribution in [0.5, 0.6) is 0 Å². The van der Waals surface area contributed by atoms with Gasteiger partial charge in [0.1, 0.15) is 67.1 Å². The smallest absolute Gasteiger partial charge is 0.187 e. The van der Waals surface area contributed by atoms with Crippen molar-refractivity contribution in [3.05, 3.63) is 0 Å². The fraction of sp³-hybridized carbons (Fsp3) is 1.00. The van der Waals surface area contributed by atoms with Crippen LogP contribution >= 0.6 is 0 Å². The topological polar surface area (TPSA) is 283 Å². The number of ether oxygens (including phenoxy) is 4. The van der Waals surface area contributed by atoms with Gasteiger partial charge in [-0.3, -0.25) is 0 Å². The summed E-state index contributed by atoms with van der Waals surface area (Å²) in [5.74, 6) is 0. The standard InChI is InChI=1S/C18H36N4O11/c19-2-6-8(23)10(25)12(27)17(30-6)32-15-4(21)1-5(22)16(14(15)29)33-18-13(28)11(26)9(24)7(3-20)31-18/h4-18,23-29H,1-3,19-22H2/t4-,5+,6-,7+,8-,9+,10+,11-,12-,13+,14?,15+,16-,17-,18-/m0/s1. The van der Waals surface area contributed by atoms with Gasteiger partial charge in [-0.25, -0.2) is 0 Å². The number of aliphatic hydroxyl groups excluding tert-OH is 7. The zero-order valence-electron chi connectivity index (χ0n) is 17.9. The highest BCUT2D eigenvalue weighted by molar-refractivity contribution is 5.01. The van der Waals surface area contributed by atoms with Crippen LogP contribution in [0.4, 0.5) is 0 Å². The normalized spacial score (nSPS) is 53.7. The predicted octanol–water partition coefficient (Wildman–Crippen LogP) is -7.29. The molecule has 1 saturated carbocycles. The summed E-state index contributed by atoms with van der Waals surface area (Å²) < 4.78 is 22.2. The second-order valence-corrected chi connectivity index (χ2v) is 8.76. The Hall–Kier alpha value is -0.600. The molecular weight excluding hydrogens is 448 g/mol. The van der Waals surface area contributed by atoms with Crippen LogP contribution < -0.4 is 22.9 Å². The first-order valence-electron chi connectivity index (χ1n) is 10.8. The summed E-state index contributed by atoms with van der Waals surface area (Å²) in [5.41, 5.74) is 23.2. The third-order valence-electron chi connectivity index (χ3n) is 6.45. The van der Waals surface area contributed by atoms with E-state index in [1.54, 1.807) is 0 Å². The van der Waals surface area contributed by atoms with Gasteiger partial charge < -0.3 is 77.6 Å². The highest BCUT2D eigenvalue weighted by Gasteiger charge is 2.51. The molecule has 3 rings (SSSR count). The molecule has 0 radical (unpaired) electrons. The Morgan fingerprint density at radius 3 is 1.27 bits per heavy atom. The van der Waals surface area contributed by atoms with Gasteiger partial charge in [-0.15, -0.1) is 0 Å². The summed E-state index contributed by atoms with van der Waals surface area (Å²) in [4.78, 5) is 0. The molecule has 0 aromatic carbocycles. The van der Waals surface area contributed by atoms with Crippen LogP contribution in [0.15, 0.2) is 0 Å². The van der Waals surface area contributed by atoms with E-state index in [2.05, 4.69) is 0 Å². The summed E-state index contributed by atoms with van der Waals surface area (Å²) in [7, 11) is 0. The molecule has 0 aromatic heterocycles. The van der Waals surface area contributed by atoms with E-state index < -0.39 is 91.8 Å². The van der Waals surface area contributed by atoms with Gasteiger partial charge >= 0.3 is 0 Å². The highest BCUT2D eigenvalue weighted by atomic mass is 16.7. The molecule has 1 aliphatic carbocycles. The van der Waals surface area contributed by atoms with Crippen LogP contribution in [0, 0.1) is 0 Å². The Morgan fingerprint density at radius 1 is 0.576 bits per heavy atom. The minimum atomic E-state index is -1.66. The maximum Gasteiger partial charge on any atom is 0.187 e. The molecule has 3 aliphatic rings. The molecule has 194 valence electrons. The maximum absolute atomic E-state index is 10.9. The minimum absolute atomic E-state index is 0.0784. The van der Waals surface area contributed by atoms with Crippen molar-refractivity contribution < 1.29 is 54.7 Å². The molecule has 0 amide bonds. The number of aliphatic hydroxyl groups is 7. The minimum Gasteiger partial charge on any atom is -0.388 e. The lowest BCUT2D eigenvalue weighted by atomic mass is 9.84. The Kier molecular flexibility index (Phi) is 8.99. The molecule has 2 saturated heterocycles. The molecule has 1 unspecified atom stereocenters. The van der Waals surface area contributed by atoms with Crippen molar-refractivity contribution in [2.24, 2.45) is 22.9 Å². The lowest BCUT2D eigenvalue weighted by Gasteiger charge is -2.48. The van der Waals surface area contributed by atoms with E-state index in [0.29, 0.717) is 0 Å². The molecule has 15 atom stereocenters. The highest BCUT2D eigenvalue weighted by Crippen LogP contribution is 2.31. The summed E-state index contributed by atoms with van der Waals surface area (Å²) in [6, 6.07) is -1.68. The van der Waals surface area contributed by atoms with Gasteiger partial charge in [0.2, 0.25) is 0 Å². The predicted molar refractivity (Wildman–Crippen MR) is 108 cm³/mol. The van der Waals surface area contributed by atoms with Crippen LogP contribution in [-0.2, 0) is 18.9 Å². The van der Waals surface area contributed by atoms with Gasteiger partial charge in [-0.2, -0.15) is 0 Å². The van der Waals surface area contributed by atoms with E-state index in [4.69, 9.17) is 41.9 Å². The van der Waals surface area contributed by atoms with Gasteiger partial charge in [0.05, 0.1) is 0 Å². The van der Waals surface area contributed by atoms with Crippen LogP contribution in [0.3, 0.4) is 0 Å². The third kappa shape index (κ3) is 5.32. The van der Waals surface area contributed by atoms with Gasteiger partial charge in [0.15, 0.2) is 12.6 Å². The van der Waals surface area contributed by atoms with E-state index in [9.17, 15) is 35.7 Å². The Bertz CT molecular complexity index is 584. The molecular formula is C18H36N4O11. The third-order valence-corrected chi connectivity index (χ3v) is 6.45. The Balaban J connectivity index is 1.72. The van der Waals surface area contributed by atoms with Gasteiger partial charge in [0.25, 0.3) is 0 Å². The second-order valence-electron chi connectivity index (χ2n) is 8.76. The number of hydrogen-bond donors (Lipinski definition) is 11. The fourth-order valence-corrected chi connectivity index (χ4v) is 4.40. The Labute approximate surface area is 189 Å². The van der Waals surface area contributed by atoms with Gasteiger partial charge in [-0.05, 0) is 6.42 Å². The van der Waals surface area contributed by atoms with Crippen molar-refractivity contribution in [1.29, 1.82) is 0 Å². The molecule has 2 heterocycles. The van der Waals surface area contributed by atoms with Crippen LogP contribution in [0.2, 0.25) is 0 Å². The molecule has 15 heteroatoms. The molecule has 2 aliphatic heterocycles. The number of rotatable bonds is 6. The molecule has 0 bridgehead atoms. The SMILES string of the molecule is NC[C@@H]1O[C@@H](O[C@H]2C(O)[C@@H](O[C@@H]3O[C@H](CN)[C@@H](O)[C@H](O)[C@H]3O)[C@H](N)C[C@@H]2N)[C@@H](O)[C@H](O)[C@H]1O. The molecule has 15 nitrogen and oxygen atoms in total. The van der Waals surface area contributed by atoms with E-state index in [-0.39, 0.29) is 19.5 Å². The average molecular weight is 485 g/mol. The lowest BCUT2D eigenvalue weighted by Crippen LogP contribution is -2.68. The van der Waals surface area contributed by atoms with Crippen molar-refractivity contribution in [3.63, 3.8) is 0 Å².